The van der Waals surface area contributed by atoms with Crippen LogP contribution in [0.1, 0.15) is 22.1 Å². The van der Waals surface area contributed by atoms with Crippen molar-refractivity contribution in [3.8, 4) is 0 Å². The van der Waals surface area contributed by atoms with Gasteiger partial charge in [0.25, 0.3) is 5.91 Å². The monoisotopic (exact) mass is 389 g/mol. The molecule has 24 heavy (non-hydrogen) atoms. The Labute approximate surface area is 148 Å². The minimum atomic E-state index is -1.19. The summed E-state index contributed by atoms with van der Waals surface area (Å²) in [5, 5.41) is 5.35. The lowest BCUT2D eigenvalue weighted by molar-refractivity contribution is 0.0827. The third kappa shape index (κ3) is 3.33. The van der Waals surface area contributed by atoms with Crippen molar-refractivity contribution in [2.24, 2.45) is 0 Å². The summed E-state index contributed by atoms with van der Waals surface area (Å²) in [4.78, 5) is 13.4. The van der Waals surface area contributed by atoms with E-state index in [2.05, 4.69) is 21.0 Å². The first-order chi connectivity index (χ1) is 11.5. The molecule has 1 aromatic heterocycles. The molecular formula is C18H17BrFN3O. The molecule has 6 heteroatoms. The van der Waals surface area contributed by atoms with Gasteiger partial charge in [-0.2, -0.15) is 5.10 Å². The van der Waals surface area contributed by atoms with Gasteiger partial charge in [0.1, 0.15) is 6.17 Å². The maximum absolute atomic E-state index is 14.6. The standard InChI is InChI=1S/C18H17BrFN3O/c1-22(2)18(24)13-8-6-12(7-9-13)16(20)11-23-10-14-15(19)4-3-5-17(14)21-23/h3-10,16H,11H2,1-2H3/t16-/m0/s1. The molecule has 1 atom stereocenters. The van der Waals surface area contributed by atoms with Crippen molar-refractivity contribution in [2.45, 2.75) is 12.7 Å². The molecule has 3 aromatic rings. The lowest BCUT2D eigenvalue weighted by Crippen LogP contribution is -2.21. The van der Waals surface area contributed by atoms with Crippen LogP contribution in [0, 0.1) is 0 Å². The summed E-state index contributed by atoms with van der Waals surface area (Å²) in [5.41, 5.74) is 1.90. The number of rotatable bonds is 4. The molecule has 124 valence electrons. The number of nitrogens with zero attached hydrogens (tertiary/aromatic N) is 3. The molecule has 0 bridgehead atoms. The summed E-state index contributed by atoms with van der Waals surface area (Å²) >= 11 is 3.47. The van der Waals surface area contributed by atoms with Crippen LogP contribution in [0.2, 0.25) is 0 Å². The topological polar surface area (TPSA) is 38.1 Å². The fourth-order valence-electron chi connectivity index (χ4n) is 2.51. The number of carbonyl (C=O) groups excluding carboxylic acids is 1. The Kier molecular flexibility index (Phi) is 4.66. The van der Waals surface area contributed by atoms with Gasteiger partial charge in [0.05, 0.1) is 12.1 Å². The van der Waals surface area contributed by atoms with Crippen LogP contribution in [0.5, 0.6) is 0 Å². The highest BCUT2D eigenvalue weighted by atomic mass is 79.9. The Morgan fingerprint density at radius 2 is 1.96 bits per heavy atom. The number of benzene rings is 2. The molecule has 1 heterocycles. The Morgan fingerprint density at radius 3 is 2.58 bits per heavy atom. The van der Waals surface area contributed by atoms with Crippen LogP contribution in [-0.4, -0.2) is 34.7 Å². The molecule has 4 nitrogen and oxygen atoms in total. The Morgan fingerprint density at radius 1 is 1.25 bits per heavy atom. The van der Waals surface area contributed by atoms with Gasteiger partial charge in [-0.1, -0.05) is 34.1 Å². The molecule has 0 spiro atoms. The van der Waals surface area contributed by atoms with Gasteiger partial charge >= 0.3 is 0 Å². The van der Waals surface area contributed by atoms with E-state index in [1.54, 1.807) is 43.0 Å². The quantitative estimate of drug-likeness (QED) is 0.670. The van der Waals surface area contributed by atoms with Crippen molar-refractivity contribution in [3.63, 3.8) is 0 Å². The van der Waals surface area contributed by atoms with Crippen molar-refractivity contribution >= 4 is 32.7 Å². The van der Waals surface area contributed by atoms with E-state index in [4.69, 9.17) is 0 Å². The molecule has 3 rings (SSSR count). The summed E-state index contributed by atoms with van der Waals surface area (Å²) < 4.78 is 17.1. The third-order valence-corrected chi connectivity index (χ3v) is 4.51. The van der Waals surface area contributed by atoms with E-state index in [0.29, 0.717) is 11.1 Å². The van der Waals surface area contributed by atoms with Gasteiger partial charge < -0.3 is 4.90 Å². The third-order valence-electron chi connectivity index (χ3n) is 3.82. The van der Waals surface area contributed by atoms with Crippen LogP contribution < -0.4 is 0 Å². The fraction of sp³-hybridized carbons (Fsp3) is 0.222. The van der Waals surface area contributed by atoms with Crippen LogP contribution >= 0.6 is 15.9 Å². The second kappa shape index (κ2) is 6.73. The molecule has 0 aliphatic rings. The first-order valence-electron chi connectivity index (χ1n) is 7.53. The maximum Gasteiger partial charge on any atom is 0.253 e. The van der Waals surface area contributed by atoms with Crippen LogP contribution in [0.3, 0.4) is 0 Å². The number of carbonyl (C=O) groups is 1. The highest BCUT2D eigenvalue weighted by Crippen LogP contribution is 2.25. The van der Waals surface area contributed by atoms with Crippen molar-refractivity contribution in [1.29, 1.82) is 0 Å². The van der Waals surface area contributed by atoms with E-state index in [1.165, 1.54) is 4.90 Å². The largest absolute Gasteiger partial charge is 0.345 e. The van der Waals surface area contributed by atoms with Crippen molar-refractivity contribution in [3.05, 3.63) is 64.3 Å². The molecule has 0 unspecified atom stereocenters. The number of aromatic nitrogens is 2. The summed E-state index contributed by atoms with van der Waals surface area (Å²) in [6.45, 7) is 0.127. The zero-order valence-corrected chi connectivity index (χ0v) is 15.0. The number of alkyl halides is 1. The highest BCUT2D eigenvalue weighted by Gasteiger charge is 2.14. The average Bonchev–Trinajstić information content (AvgIpc) is 2.98. The van der Waals surface area contributed by atoms with Crippen LogP contribution in [0.25, 0.3) is 10.9 Å². The lowest BCUT2D eigenvalue weighted by Gasteiger charge is -2.12. The van der Waals surface area contributed by atoms with E-state index in [0.717, 1.165) is 15.4 Å². The Bertz CT molecular complexity index is 874. The molecule has 1 amide bonds. The molecule has 0 saturated heterocycles. The van der Waals surface area contributed by atoms with E-state index in [-0.39, 0.29) is 12.5 Å². The van der Waals surface area contributed by atoms with Crippen molar-refractivity contribution in [1.82, 2.24) is 14.7 Å². The second-order valence-corrected chi connectivity index (χ2v) is 6.67. The molecule has 2 aromatic carbocycles. The molecule has 0 N–H and O–H groups in total. The summed E-state index contributed by atoms with van der Waals surface area (Å²) in [7, 11) is 3.38. The van der Waals surface area contributed by atoms with E-state index in [9.17, 15) is 9.18 Å². The minimum Gasteiger partial charge on any atom is -0.345 e. The number of fused-ring (bicyclic) bond motifs is 1. The molecular weight excluding hydrogens is 373 g/mol. The zero-order valence-electron chi connectivity index (χ0n) is 13.4. The number of amides is 1. The van der Waals surface area contributed by atoms with Crippen molar-refractivity contribution < 1.29 is 9.18 Å². The fourth-order valence-corrected chi connectivity index (χ4v) is 2.97. The van der Waals surface area contributed by atoms with Gasteiger partial charge in [-0.05, 0) is 29.8 Å². The molecule has 0 aliphatic heterocycles. The predicted molar refractivity (Wildman–Crippen MR) is 95.7 cm³/mol. The number of halogens is 2. The van der Waals surface area contributed by atoms with Crippen LogP contribution in [-0.2, 0) is 6.54 Å². The number of hydrogen-bond donors (Lipinski definition) is 0. The van der Waals surface area contributed by atoms with Gasteiger partial charge in [0.15, 0.2) is 0 Å². The minimum absolute atomic E-state index is 0.0971. The van der Waals surface area contributed by atoms with Crippen LogP contribution in [0.15, 0.2) is 53.1 Å². The van der Waals surface area contributed by atoms with E-state index >= 15 is 0 Å². The summed E-state index contributed by atoms with van der Waals surface area (Å²) in [6.07, 6.45) is 0.636. The average molecular weight is 390 g/mol. The molecule has 0 saturated carbocycles. The van der Waals surface area contributed by atoms with Gasteiger partial charge in [0, 0.05) is 35.7 Å². The molecule has 0 fully saturated rings. The van der Waals surface area contributed by atoms with Crippen LogP contribution in [0.4, 0.5) is 4.39 Å². The first-order valence-corrected chi connectivity index (χ1v) is 8.32. The molecule has 0 aliphatic carbocycles. The summed E-state index contributed by atoms with van der Waals surface area (Å²) in [6, 6.07) is 12.3. The normalized spacial score (nSPS) is 12.3. The van der Waals surface area contributed by atoms with Gasteiger partial charge in [0.2, 0.25) is 0 Å². The lowest BCUT2D eigenvalue weighted by atomic mass is 10.1. The van der Waals surface area contributed by atoms with Gasteiger partial charge in [-0.3, -0.25) is 9.48 Å². The van der Waals surface area contributed by atoms with E-state index in [1.807, 2.05) is 24.4 Å². The van der Waals surface area contributed by atoms with E-state index < -0.39 is 6.17 Å². The zero-order chi connectivity index (χ0) is 17.3. The number of hydrogen-bond acceptors (Lipinski definition) is 2. The maximum atomic E-state index is 14.6. The SMILES string of the molecule is CN(C)C(=O)c1ccc([C@@H](F)Cn2cc3c(Br)cccc3n2)cc1. The Hall–Kier alpha value is -2.21. The van der Waals surface area contributed by atoms with Gasteiger partial charge in [-0.25, -0.2) is 4.39 Å². The Balaban J connectivity index is 1.77. The van der Waals surface area contributed by atoms with Crippen molar-refractivity contribution in [2.75, 3.05) is 14.1 Å². The second-order valence-electron chi connectivity index (χ2n) is 5.81. The summed E-state index contributed by atoms with van der Waals surface area (Å²) in [5.74, 6) is -0.0971. The smallest absolute Gasteiger partial charge is 0.253 e. The predicted octanol–water partition coefficient (Wildman–Crippen LogP) is 4.21. The molecule has 0 radical (unpaired) electrons. The first kappa shape index (κ1) is 16.6. The van der Waals surface area contributed by atoms with Gasteiger partial charge in [-0.15, -0.1) is 0 Å². The highest BCUT2D eigenvalue weighted by molar-refractivity contribution is 9.10.